The number of likely N-dealkylation sites (tertiary alicyclic amines) is 1. The van der Waals surface area contributed by atoms with E-state index in [1.165, 1.54) is 0 Å². The van der Waals surface area contributed by atoms with Crippen molar-refractivity contribution in [3.05, 3.63) is 23.8 Å². The highest BCUT2D eigenvalue weighted by molar-refractivity contribution is 6.01. The van der Waals surface area contributed by atoms with E-state index in [-0.39, 0.29) is 29.6 Å². The molecular weight excluding hydrogens is 354 g/mol. The number of amides is 3. The molecule has 1 aromatic rings. The van der Waals surface area contributed by atoms with Gasteiger partial charge in [0.25, 0.3) is 0 Å². The van der Waals surface area contributed by atoms with Crippen LogP contribution in [0.3, 0.4) is 0 Å². The molecule has 28 heavy (non-hydrogen) atoms. The molecule has 1 atom stereocenters. The minimum Gasteiger partial charge on any atom is -0.342 e. The Kier molecular flexibility index (Phi) is 4.37. The second-order valence-electron chi connectivity index (χ2n) is 8.62. The summed E-state index contributed by atoms with van der Waals surface area (Å²) in [5.74, 6) is 0.384. The summed E-state index contributed by atoms with van der Waals surface area (Å²) in [5, 5.41) is 0. The average molecular weight is 381 g/mol. The fourth-order valence-corrected chi connectivity index (χ4v) is 4.98. The van der Waals surface area contributed by atoms with Gasteiger partial charge in [-0.2, -0.15) is 0 Å². The van der Waals surface area contributed by atoms with E-state index in [9.17, 15) is 14.4 Å². The Morgan fingerprint density at radius 2 is 1.71 bits per heavy atom. The van der Waals surface area contributed by atoms with Crippen molar-refractivity contribution in [3.63, 3.8) is 0 Å². The van der Waals surface area contributed by atoms with Gasteiger partial charge in [-0.15, -0.1) is 0 Å². The number of anilines is 2. The van der Waals surface area contributed by atoms with Crippen LogP contribution in [0.4, 0.5) is 11.4 Å². The Labute approximate surface area is 165 Å². The van der Waals surface area contributed by atoms with Gasteiger partial charge < -0.3 is 14.7 Å². The molecule has 0 N–H and O–H groups in total. The van der Waals surface area contributed by atoms with Gasteiger partial charge >= 0.3 is 0 Å². The van der Waals surface area contributed by atoms with Gasteiger partial charge in [0.1, 0.15) is 0 Å². The first-order valence-electron chi connectivity index (χ1n) is 10.7. The monoisotopic (exact) mass is 381 g/mol. The molecule has 1 aliphatic carbocycles. The maximum atomic E-state index is 12.7. The Balaban J connectivity index is 1.31. The molecule has 0 spiro atoms. The SMILES string of the molecule is O=C(C1CC(=O)N(c2ccc3c(c2)CCN3C(=O)C2CCC2)C1)N1CCCC1. The molecule has 3 amide bonds. The zero-order valence-corrected chi connectivity index (χ0v) is 16.2. The van der Waals surface area contributed by atoms with Crippen molar-refractivity contribution in [2.24, 2.45) is 11.8 Å². The molecule has 1 unspecified atom stereocenters. The fraction of sp³-hybridized carbons (Fsp3) is 0.591. The number of carbonyl (C=O) groups excluding carboxylic acids is 3. The molecule has 3 aliphatic heterocycles. The lowest BCUT2D eigenvalue weighted by Gasteiger charge is -2.29. The lowest BCUT2D eigenvalue weighted by molar-refractivity contribution is -0.134. The third-order valence-corrected chi connectivity index (χ3v) is 6.88. The predicted octanol–water partition coefficient (Wildman–Crippen LogP) is 2.35. The first-order valence-corrected chi connectivity index (χ1v) is 10.7. The Hall–Kier alpha value is -2.37. The minimum absolute atomic E-state index is 0.0258. The maximum absolute atomic E-state index is 12.7. The number of rotatable bonds is 3. The van der Waals surface area contributed by atoms with Crippen LogP contribution in [-0.2, 0) is 20.8 Å². The van der Waals surface area contributed by atoms with E-state index in [1.54, 1.807) is 4.90 Å². The molecule has 1 aromatic carbocycles. The van der Waals surface area contributed by atoms with Crippen molar-refractivity contribution < 1.29 is 14.4 Å². The highest BCUT2D eigenvalue weighted by Crippen LogP contribution is 2.37. The zero-order chi connectivity index (χ0) is 19.3. The van der Waals surface area contributed by atoms with E-state index < -0.39 is 0 Å². The highest BCUT2D eigenvalue weighted by atomic mass is 16.2. The first-order chi connectivity index (χ1) is 13.6. The van der Waals surface area contributed by atoms with Crippen LogP contribution in [0.1, 0.15) is 44.1 Å². The lowest BCUT2D eigenvalue weighted by atomic mass is 9.84. The van der Waals surface area contributed by atoms with Crippen molar-refractivity contribution >= 4 is 29.1 Å². The van der Waals surface area contributed by atoms with Crippen LogP contribution in [0, 0.1) is 11.8 Å². The maximum Gasteiger partial charge on any atom is 0.230 e. The third-order valence-electron chi connectivity index (χ3n) is 6.88. The molecule has 5 rings (SSSR count). The molecule has 0 bridgehead atoms. The summed E-state index contributed by atoms with van der Waals surface area (Å²) in [6.07, 6.45) is 6.45. The van der Waals surface area contributed by atoms with Crippen molar-refractivity contribution in [1.82, 2.24) is 4.90 Å². The molecule has 2 saturated heterocycles. The number of benzene rings is 1. The molecule has 3 heterocycles. The lowest BCUT2D eigenvalue weighted by Crippen LogP contribution is -2.37. The quantitative estimate of drug-likeness (QED) is 0.808. The fourth-order valence-electron chi connectivity index (χ4n) is 4.98. The van der Waals surface area contributed by atoms with E-state index in [1.807, 2.05) is 28.0 Å². The molecule has 0 aromatic heterocycles. The minimum atomic E-state index is -0.226. The summed E-state index contributed by atoms with van der Waals surface area (Å²) >= 11 is 0. The number of carbonyl (C=O) groups is 3. The van der Waals surface area contributed by atoms with Crippen molar-refractivity contribution in [3.8, 4) is 0 Å². The molecular formula is C22H27N3O3. The van der Waals surface area contributed by atoms with Crippen LogP contribution in [0.25, 0.3) is 0 Å². The van der Waals surface area contributed by atoms with Crippen LogP contribution in [-0.4, -0.2) is 48.8 Å². The molecule has 1 saturated carbocycles. The second kappa shape index (κ2) is 6.90. The van der Waals surface area contributed by atoms with E-state index >= 15 is 0 Å². The van der Waals surface area contributed by atoms with Crippen molar-refractivity contribution in [1.29, 1.82) is 0 Å². The van der Waals surface area contributed by atoms with Gasteiger partial charge in [-0.3, -0.25) is 14.4 Å². The van der Waals surface area contributed by atoms with Crippen LogP contribution >= 0.6 is 0 Å². The normalized spacial score (nSPS) is 24.6. The van der Waals surface area contributed by atoms with Crippen LogP contribution < -0.4 is 9.80 Å². The summed E-state index contributed by atoms with van der Waals surface area (Å²) in [4.78, 5) is 43.5. The van der Waals surface area contributed by atoms with Gasteiger partial charge in [-0.05, 0) is 55.9 Å². The highest BCUT2D eigenvalue weighted by Gasteiger charge is 2.39. The van der Waals surface area contributed by atoms with E-state index in [0.29, 0.717) is 13.0 Å². The topological polar surface area (TPSA) is 60.9 Å². The zero-order valence-electron chi connectivity index (χ0n) is 16.2. The Morgan fingerprint density at radius 1 is 0.929 bits per heavy atom. The van der Waals surface area contributed by atoms with Gasteiger partial charge in [0.15, 0.2) is 0 Å². The summed E-state index contributed by atoms with van der Waals surface area (Å²) in [7, 11) is 0. The van der Waals surface area contributed by atoms with Crippen LogP contribution in [0.5, 0.6) is 0 Å². The summed E-state index contributed by atoms with van der Waals surface area (Å²) in [5.41, 5.74) is 2.99. The number of hydrogen-bond acceptors (Lipinski definition) is 3. The van der Waals surface area contributed by atoms with Gasteiger partial charge in [0.05, 0.1) is 5.92 Å². The van der Waals surface area contributed by atoms with E-state index in [0.717, 1.165) is 75.1 Å². The number of nitrogens with zero attached hydrogens (tertiary/aromatic N) is 3. The van der Waals surface area contributed by atoms with Gasteiger partial charge in [-0.1, -0.05) is 6.42 Å². The summed E-state index contributed by atoms with van der Waals surface area (Å²) in [6, 6.07) is 5.97. The molecule has 3 fully saturated rings. The second-order valence-corrected chi connectivity index (χ2v) is 8.62. The molecule has 6 nitrogen and oxygen atoms in total. The third kappa shape index (κ3) is 2.90. The van der Waals surface area contributed by atoms with Crippen molar-refractivity contribution in [2.75, 3.05) is 36.0 Å². The Bertz CT molecular complexity index is 826. The number of hydrogen-bond donors (Lipinski definition) is 0. The molecule has 148 valence electrons. The van der Waals surface area contributed by atoms with E-state index in [2.05, 4.69) is 0 Å². The molecule has 0 radical (unpaired) electrons. The molecule has 4 aliphatic rings. The Morgan fingerprint density at radius 3 is 2.43 bits per heavy atom. The van der Waals surface area contributed by atoms with E-state index in [4.69, 9.17) is 0 Å². The average Bonchev–Trinajstić information content (AvgIpc) is 3.38. The standard InChI is InChI=1S/C22H27N3O3/c26-20-13-17(21(27)23-9-1-2-10-23)14-25(20)18-6-7-19-16(12-18)8-11-24(19)22(28)15-4-3-5-15/h6-7,12,15,17H,1-5,8-11,13-14H2. The smallest absolute Gasteiger partial charge is 0.230 e. The molecule has 6 heteroatoms. The van der Waals surface area contributed by atoms with Crippen LogP contribution in [0.15, 0.2) is 18.2 Å². The van der Waals surface area contributed by atoms with Gasteiger partial charge in [0.2, 0.25) is 17.7 Å². The predicted molar refractivity (Wildman–Crippen MR) is 106 cm³/mol. The van der Waals surface area contributed by atoms with Gasteiger partial charge in [-0.25, -0.2) is 0 Å². The van der Waals surface area contributed by atoms with Crippen molar-refractivity contribution in [2.45, 2.75) is 44.9 Å². The summed E-state index contributed by atoms with van der Waals surface area (Å²) < 4.78 is 0. The van der Waals surface area contributed by atoms with Crippen LogP contribution in [0.2, 0.25) is 0 Å². The number of fused-ring (bicyclic) bond motifs is 1. The summed E-state index contributed by atoms with van der Waals surface area (Å²) in [6.45, 7) is 2.86. The largest absolute Gasteiger partial charge is 0.342 e. The van der Waals surface area contributed by atoms with Gasteiger partial charge in [0, 0.05) is 49.9 Å². The first kappa shape index (κ1) is 17.7.